The fraction of sp³-hybridized carbons (Fsp3) is 0.444. The molecular formula is C45H56N4O5. The number of ether oxygens (including phenoxy) is 2. The summed E-state index contributed by atoms with van der Waals surface area (Å²) < 4.78 is 11.0. The van der Waals surface area contributed by atoms with E-state index >= 15 is 0 Å². The Bertz CT molecular complexity index is 2230. The molecule has 3 aliphatic rings. The second kappa shape index (κ2) is 15.7. The number of aromatic amines is 3. The number of hydrogen-bond donors (Lipinski definition) is 4. The lowest BCUT2D eigenvalue weighted by Gasteiger charge is -2.19. The van der Waals surface area contributed by atoms with Gasteiger partial charge in [-0.3, -0.25) is 14.4 Å². The van der Waals surface area contributed by atoms with Gasteiger partial charge in [-0.25, -0.2) is 0 Å². The number of carbonyl (C=O) groups is 3. The number of Topliss-reactive ketones (excluding diaryl/α,β-unsaturated/α-hetero) is 1. The second-order valence-electron chi connectivity index (χ2n) is 15.5. The summed E-state index contributed by atoms with van der Waals surface area (Å²) in [5.74, 6) is -1.90. The van der Waals surface area contributed by atoms with Crippen molar-refractivity contribution >= 4 is 47.6 Å². The van der Waals surface area contributed by atoms with E-state index in [9.17, 15) is 14.4 Å². The molecule has 0 spiro atoms. The summed E-state index contributed by atoms with van der Waals surface area (Å²) in [5.41, 5.74) is 12.3. The zero-order valence-electron chi connectivity index (χ0n) is 33.4. The maximum absolute atomic E-state index is 14.3. The van der Waals surface area contributed by atoms with Crippen LogP contribution in [-0.2, 0) is 19.1 Å². The quantitative estimate of drug-likeness (QED) is 0.0863. The summed E-state index contributed by atoms with van der Waals surface area (Å²) in [6.45, 7) is 21.3. The van der Waals surface area contributed by atoms with Gasteiger partial charge in [-0.1, -0.05) is 51.8 Å². The van der Waals surface area contributed by atoms with Crippen molar-refractivity contribution in [2.45, 2.75) is 93.9 Å². The van der Waals surface area contributed by atoms with Crippen LogP contribution in [0.2, 0.25) is 0 Å². The van der Waals surface area contributed by atoms with Crippen LogP contribution >= 0.6 is 0 Å². The summed E-state index contributed by atoms with van der Waals surface area (Å²) >= 11 is 0. The van der Waals surface area contributed by atoms with Gasteiger partial charge in [0.05, 0.1) is 12.8 Å². The Kier molecular flexibility index (Phi) is 11.3. The van der Waals surface area contributed by atoms with E-state index in [1.165, 1.54) is 25.5 Å². The molecule has 1 aliphatic carbocycles. The monoisotopic (exact) mass is 732 g/mol. The van der Waals surface area contributed by atoms with Crippen LogP contribution in [0.3, 0.4) is 0 Å². The molecule has 3 aromatic heterocycles. The number of H-pyrrole nitrogens is 3. The van der Waals surface area contributed by atoms with Gasteiger partial charge in [-0.15, -0.1) is 0 Å². The molecule has 0 aromatic carbocycles. The predicted octanol–water partition coefficient (Wildman–Crippen LogP) is 7.60. The number of hydrogen-bond acceptors (Lipinski definition) is 6. The molecular weight excluding hydrogens is 677 g/mol. The first-order valence-corrected chi connectivity index (χ1v) is 19.4. The Labute approximate surface area is 318 Å². The smallest absolute Gasteiger partial charge is 0.321 e. The number of methoxy groups -OCH3 is 1. The molecule has 2 aliphatic heterocycles. The third-order valence-electron chi connectivity index (χ3n) is 12.2. The van der Waals surface area contributed by atoms with E-state index < -0.39 is 11.9 Å². The molecule has 3 aromatic rings. The molecule has 9 nitrogen and oxygen atoms in total. The Balaban J connectivity index is 1.43. The number of aromatic nitrogens is 3. The molecule has 5 heterocycles. The van der Waals surface area contributed by atoms with E-state index in [-0.39, 0.29) is 36.6 Å². The minimum atomic E-state index is -1.14. The van der Waals surface area contributed by atoms with Crippen molar-refractivity contribution in [2.75, 3.05) is 13.7 Å². The number of carbonyl (C=O) groups excluding carboxylic acids is 3. The van der Waals surface area contributed by atoms with Crippen LogP contribution in [0.5, 0.6) is 0 Å². The molecule has 0 radical (unpaired) electrons. The molecule has 0 amide bonds. The van der Waals surface area contributed by atoms with E-state index in [0.717, 1.165) is 85.8 Å². The van der Waals surface area contributed by atoms with Crippen LogP contribution in [0.4, 0.5) is 0 Å². The first kappa shape index (κ1) is 38.7. The molecule has 8 bridgehead atoms. The molecule has 9 heteroatoms. The lowest BCUT2D eigenvalue weighted by molar-refractivity contribution is -0.143. The lowest BCUT2D eigenvalue weighted by atomic mass is 9.85. The molecule has 0 saturated carbocycles. The standard InChI is InChI=1S/C45H56N4O5/c1-11-23(3)14-13-15-24(4)18-19-54-38(50)17-16-31-28(8)35-21-34-27(7)30(12-2)37(47-34)22-33-26(6)25(5)32(46-33)20-36-29(9)39-43(49-36)40(42(31)48-35)41(44(39)51)45(52)53-10/h12,18,20-23,28,31,41,46-49H,2,11,13-17,19H2,1,3-10H3/b24-18+,32-20-,33-22-,35-21-,42-40-/t23-,28+,31+,41-/m1/s1. The fourth-order valence-corrected chi connectivity index (χ4v) is 8.28. The van der Waals surface area contributed by atoms with Crippen molar-refractivity contribution in [3.63, 3.8) is 0 Å². The highest BCUT2D eigenvalue weighted by atomic mass is 16.5. The van der Waals surface area contributed by atoms with Crippen LogP contribution in [0.1, 0.15) is 127 Å². The van der Waals surface area contributed by atoms with Crippen LogP contribution < -0.4 is 16.0 Å². The van der Waals surface area contributed by atoms with E-state index in [1.54, 1.807) is 0 Å². The Morgan fingerprint density at radius 1 is 0.944 bits per heavy atom. The topological polar surface area (TPSA) is 129 Å². The van der Waals surface area contributed by atoms with Gasteiger partial charge in [0.2, 0.25) is 0 Å². The number of ketones is 1. The molecule has 4 atom stereocenters. The third kappa shape index (κ3) is 7.13. The molecule has 1 fully saturated rings. The summed E-state index contributed by atoms with van der Waals surface area (Å²) in [4.78, 5) is 51.8. The van der Waals surface area contributed by atoms with Crippen LogP contribution in [0.25, 0.3) is 29.9 Å². The Hall–Kier alpha value is -5.05. The van der Waals surface area contributed by atoms with Gasteiger partial charge >= 0.3 is 11.9 Å². The highest BCUT2D eigenvalue weighted by molar-refractivity contribution is 6.24. The van der Waals surface area contributed by atoms with E-state index in [0.29, 0.717) is 23.3 Å². The Morgan fingerprint density at radius 3 is 2.30 bits per heavy atom. The first-order chi connectivity index (χ1) is 25.8. The van der Waals surface area contributed by atoms with Gasteiger partial charge in [0.15, 0.2) is 5.78 Å². The summed E-state index contributed by atoms with van der Waals surface area (Å²) in [7, 11) is 1.31. The van der Waals surface area contributed by atoms with Crippen molar-refractivity contribution < 1.29 is 23.9 Å². The maximum Gasteiger partial charge on any atom is 0.321 e. The summed E-state index contributed by atoms with van der Waals surface area (Å²) in [5, 5.41) is 5.57. The van der Waals surface area contributed by atoms with E-state index in [4.69, 9.17) is 9.47 Å². The van der Waals surface area contributed by atoms with Crippen LogP contribution in [0, 0.1) is 51.4 Å². The van der Waals surface area contributed by atoms with E-state index in [2.05, 4.69) is 87.5 Å². The Morgan fingerprint density at radius 2 is 1.63 bits per heavy atom. The minimum Gasteiger partial charge on any atom is -0.468 e. The normalized spacial score (nSPS) is 23.1. The lowest BCUT2D eigenvalue weighted by Crippen LogP contribution is -2.25. The van der Waals surface area contributed by atoms with Gasteiger partial charge in [-0.2, -0.15) is 0 Å². The van der Waals surface area contributed by atoms with Crippen molar-refractivity contribution in [3.8, 4) is 0 Å². The minimum absolute atomic E-state index is 0.0825. The van der Waals surface area contributed by atoms with Gasteiger partial charge < -0.3 is 29.7 Å². The largest absolute Gasteiger partial charge is 0.468 e. The summed E-state index contributed by atoms with van der Waals surface area (Å²) in [6, 6.07) is 0. The van der Waals surface area contributed by atoms with Crippen molar-refractivity contribution in [3.05, 3.63) is 96.5 Å². The van der Waals surface area contributed by atoms with Crippen LogP contribution in [-0.4, -0.2) is 46.4 Å². The molecule has 54 heavy (non-hydrogen) atoms. The van der Waals surface area contributed by atoms with Crippen LogP contribution in [0.15, 0.2) is 29.6 Å². The molecule has 4 N–H and O–H groups in total. The highest BCUT2D eigenvalue weighted by Gasteiger charge is 2.48. The number of nitrogens with one attached hydrogen (secondary N) is 4. The number of fused-ring (bicyclic) bond motifs is 7. The average molecular weight is 733 g/mol. The maximum atomic E-state index is 14.3. The summed E-state index contributed by atoms with van der Waals surface area (Å²) in [6.07, 6.45) is 15.3. The number of rotatable bonds is 12. The second-order valence-corrected chi connectivity index (χ2v) is 15.5. The zero-order valence-corrected chi connectivity index (χ0v) is 33.4. The highest BCUT2D eigenvalue weighted by Crippen LogP contribution is 2.48. The third-order valence-corrected chi connectivity index (χ3v) is 12.2. The predicted molar refractivity (Wildman–Crippen MR) is 216 cm³/mol. The molecule has 6 rings (SSSR count). The zero-order chi connectivity index (χ0) is 39.0. The SMILES string of the molecule is C=Cc1c2[nH]c(c1C)/C=C1\N/C(=C3\c4[nH]c(c(C)c4C(=O)[C@@H]3C(=O)OC)/C=c3\[nH]/c(c(C)c3C)=C\2)[C@@H](CCC(=O)OC/C=C(\C)CCC[C@H](C)CC)[C@@H]1C. The van der Waals surface area contributed by atoms with Gasteiger partial charge in [0.1, 0.15) is 12.5 Å². The van der Waals surface area contributed by atoms with E-state index in [1.807, 2.05) is 25.2 Å². The van der Waals surface area contributed by atoms with Gasteiger partial charge in [-0.05, 0) is 106 Å². The number of esters is 2. The van der Waals surface area contributed by atoms with Crippen molar-refractivity contribution in [2.24, 2.45) is 23.7 Å². The fourth-order valence-electron chi connectivity index (χ4n) is 8.28. The first-order valence-electron chi connectivity index (χ1n) is 19.4. The van der Waals surface area contributed by atoms with Gasteiger partial charge in [0.25, 0.3) is 0 Å². The molecule has 1 saturated heterocycles. The van der Waals surface area contributed by atoms with Gasteiger partial charge in [0, 0.05) is 74.1 Å². The number of allylic oxidation sites excluding steroid dienone is 3. The van der Waals surface area contributed by atoms with Crippen molar-refractivity contribution in [1.29, 1.82) is 0 Å². The average Bonchev–Trinajstić information content (AvgIpc) is 3.88. The molecule has 286 valence electrons. The molecule has 0 unspecified atom stereocenters. The van der Waals surface area contributed by atoms with Crippen molar-refractivity contribution in [1.82, 2.24) is 20.3 Å².